The quantitative estimate of drug-likeness (QED) is 0.779. The Morgan fingerprint density at radius 3 is 3.15 bits per heavy atom. The van der Waals surface area contributed by atoms with Crippen LogP contribution in [0.25, 0.3) is 10.9 Å². The summed E-state index contributed by atoms with van der Waals surface area (Å²) in [4.78, 5) is 33.9. The average Bonchev–Trinajstić information content (AvgIpc) is 3.31. The van der Waals surface area contributed by atoms with Gasteiger partial charge in [-0.3, -0.25) is 14.6 Å². The van der Waals surface area contributed by atoms with Crippen LogP contribution in [0.15, 0.2) is 39.8 Å². The number of carbonyl (C=O) groups excluding carboxylic acids is 1. The number of hydrogen-bond donors (Lipinski definition) is 1. The highest BCUT2D eigenvalue weighted by Crippen LogP contribution is 2.27. The maximum absolute atomic E-state index is 12.6. The zero-order valence-corrected chi connectivity index (χ0v) is 14.6. The number of rotatable bonds is 4. The van der Waals surface area contributed by atoms with E-state index in [1.165, 1.54) is 0 Å². The molecule has 1 N–H and O–H groups in total. The lowest BCUT2D eigenvalue weighted by Gasteiger charge is -2.15. The third kappa shape index (κ3) is 3.00. The molecule has 1 fully saturated rings. The minimum absolute atomic E-state index is 0.0834. The van der Waals surface area contributed by atoms with Crippen LogP contribution in [-0.4, -0.2) is 39.0 Å². The van der Waals surface area contributed by atoms with E-state index in [0.717, 1.165) is 30.7 Å². The summed E-state index contributed by atoms with van der Waals surface area (Å²) in [6, 6.07) is 7.14. The minimum Gasteiger partial charge on any atom is -0.361 e. The van der Waals surface area contributed by atoms with Gasteiger partial charge in [0.05, 0.1) is 10.9 Å². The van der Waals surface area contributed by atoms with Crippen LogP contribution in [0.3, 0.4) is 0 Å². The van der Waals surface area contributed by atoms with Crippen LogP contribution in [0, 0.1) is 0 Å². The highest BCUT2D eigenvalue weighted by Gasteiger charge is 2.30. The first-order valence-electron chi connectivity index (χ1n) is 8.88. The number of aromatic nitrogens is 3. The van der Waals surface area contributed by atoms with E-state index in [0.29, 0.717) is 29.7 Å². The Balaban J connectivity index is 1.53. The number of hydrogen-bond acceptors (Lipinski definition) is 5. The first kappa shape index (κ1) is 16.5. The van der Waals surface area contributed by atoms with Gasteiger partial charge in [0.2, 0.25) is 0 Å². The van der Waals surface area contributed by atoms with Crippen molar-refractivity contribution in [3.63, 3.8) is 0 Å². The third-order valence-electron chi connectivity index (χ3n) is 4.82. The lowest BCUT2D eigenvalue weighted by Crippen LogP contribution is -2.29. The lowest BCUT2D eigenvalue weighted by molar-refractivity contribution is 0.0780. The van der Waals surface area contributed by atoms with Crippen molar-refractivity contribution in [3.05, 3.63) is 58.0 Å². The fraction of sp³-hybridized carbons (Fsp3) is 0.368. The Morgan fingerprint density at radius 1 is 1.42 bits per heavy atom. The number of nitrogens with one attached hydrogen (secondary N) is 1. The van der Waals surface area contributed by atoms with Crippen LogP contribution < -0.4 is 5.56 Å². The number of fused-ring (bicyclic) bond motifs is 1. The fourth-order valence-electron chi connectivity index (χ4n) is 3.46. The molecule has 134 valence electrons. The van der Waals surface area contributed by atoms with Gasteiger partial charge in [-0.15, -0.1) is 0 Å². The molecule has 0 aromatic carbocycles. The van der Waals surface area contributed by atoms with E-state index in [4.69, 9.17) is 4.52 Å². The van der Waals surface area contributed by atoms with E-state index >= 15 is 0 Å². The molecule has 0 unspecified atom stereocenters. The first-order valence-corrected chi connectivity index (χ1v) is 8.88. The molecule has 4 heterocycles. The van der Waals surface area contributed by atoms with E-state index in [1.54, 1.807) is 29.3 Å². The topological polar surface area (TPSA) is 92.1 Å². The molecule has 3 aromatic heterocycles. The van der Waals surface area contributed by atoms with Crippen molar-refractivity contribution in [1.82, 2.24) is 20.0 Å². The first-order chi connectivity index (χ1) is 12.7. The summed E-state index contributed by atoms with van der Waals surface area (Å²) >= 11 is 0. The maximum atomic E-state index is 12.6. The van der Waals surface area contributed by atoms with Crippen molar-refractivity contribution in [2.45, 2.75) is 32.1 Å². The number of likely N-dealkylation sites (tertiary alicyclic amines) is 1. The van der Waals surface area contributed by atoms with E-state index in [2.05, 4.69) is 15.1 Å². The highest BCUT2D eigenvalue weighted by atomic mass is 16.5. The molecule has 1 atom stereocenters. The third-order valence-corrected chi connectivity index (χ3v) is 4.82. The molecule has 1 amide bonds. The summed E-state index contributed by atoms with van der Waals surface area (Å²) in [6.45, 7) is 3.22. The summed E-state index contributed by atoms with van der Waals surface area (Å²) in [6.07, 6.45) is 4.18. The maximum Gasteiger partial charge on any atom is 0.276 e. The van der Waals surface area contributed by atoms with Gasteiger partial charge in [0.1, 0.15) is 5.76 Å². The summed E-state index contributed by atoms with van der Waals surface area (Å²) in [5, 5.41) is 4.48. The van der Waals surface area contributed by atoms with Gasteiger partial charge in [0.25, 0.3) is 11.5 Å². The van der Waals surface area contributed by atoms with Crippen molar-refractivity contribution in [2.75, 3.05) is 13.1 Å². The number of H-pyrrole nitrogens is 1. The summed E-state index contributed by atoms with van der Waals surface area (Å²) in [5.41, 5.74) is 1.71. The molecule has 0 saturated carbocycles. The van der Waals surface area contributed by atoms with Gasteiger partial charge in [-0.1, -0.05) is 12.1 Å². The van der Waals surface area contributed by atoms with Crippen molar-refractivity contribution >= 4 is 16.8 Å². The molecule has 0 aliphatic carbocycles. The second-order valence-electron chi connectivity index (χ2n) is 6.66. The number of nitrogens with zero attached hydrogens (tertiary/aromatic N) is 3. The van der Waals surface area contributed by atoms with Crippen LogP contribution in [0.4, 0.5) is 0 Å². The summed E-state index contributed by atoms with van der Waals surface area (Å²) < 4.78 is 5.21. The van der Waals surface area contributed by atoms with Gasteiger partial charge in [0.15, 0.2) is 5.69 Å². The van der Waals surface area contributed by atoms with E-state index in [9.17, 15) is 9.59 Å². The molecule has 4 rings (SSSR count). The predicted octanol–water partition coefficient (Wildman–Crippen LogP) is 2.49. The smallest absolute Gasteiger partial charge is 0.276 e. The van der Waals surface area contributed by atoms with Crippen LogP contribution >= 0.6 is 0 Å². The Morgan fingerprint density at radius 2 is 2.31 bits per heavy atom. The van der Waals surface area contributed by atoms with Crippen molar-refractivity contribution in [3.8, 4) is 0 Å². The van der Waals surface area contributed by atoms with Gasteiger partial charge in [0, 0.05) is 43.4 Å². The van der Waals surface area contributed by atoms with Crippen molar-refractivity contribution < 1.29 is 9.32 Å². The minimum atomic E-state index is -0.143. The number of carbonyl (C=O) groups is 1. The summed E-state index contributed by atoms with van der Waals surface area (Å²) in [5.74, 6) is 0.691. The fourth-order valence-corrected chi connectivity index (χ4v) is 3.46. The average molecular weight is 352 g/mol. The molecule has 26 heavy (non-hydrogen) atoms. The van der Waals surface area contributed by atoms with Gasteiger partial charge in [-0.25, -0.2) is 0 Å². The second-order valence-corrected chi connectivity index (χ2v) is 6.66. The normalized spacial score (nSPS) is 17.1. The number of pyridine rings is 2. The van der Waals surface area contributed by atoms with Crippen LogP contribution in [0.2, 0.25) is 0 Å². The predicted molar refractivity (Wildman–Crippen MR) is 96.1 cm³/mol. The largest absolute Gasteiger partial charge is 0.361 e. The molecule has 0 spiro atoms. The van der Waals surface area contributed by atoms with Crippen molar-refractivity contribution in [1.29, 1.82) is 0 Å². The molecule has 0 radical (unpaired) electrons. The second kappa shape index (κ2) is 6.74. The Kier molecular flexibility index (Phi) is 4.28. The molecular weight excluding hydrogens is 332 g/mol. The number of aromatic amines is 1. The molecule has 7 heteroatoms. The van der Waals surface area contributed by atoms with Crippen LogP contribution in [-0.2, 0) is 6.42 Å². The van der Waals surface area contributed by atoms with Crippen molar-refractivity contribution in [2.24, 2.45) is 0 Å². The standard InChI is InChI=1S/C19H20N4O3/c1-2-4-13-9-17(22-26-13)19(25)23-8-6-12(11-23)15-10-16-14(18(24)21-15)5-3-7-20-16/h3,5,7,9-10,12H,2,4,6,8,11H2,1H3,(H,21,24)/t12-/m1/s1. The highest BCUT2D eigenvalue weighted by molar-refractivity contribution is 5.92. The molecule has 1 saturated heterocycles. The SMILES string of the molecule is CCCc1cc(C(=O)N2CC[C@@H](c3cc4ncccc4c(=O)[nH]3)C2)no1. The van der Waals surface area contributed by atoms with Gasteiger partial charge >= 0.3 is 0 Å². The van der Waals surface area contributed by atoms with Gasteiger partial charge < -0.3 is 14.4 Å². The zero-order chi connectivity index (χ0) is 18.1. The Labute approximate surface area is 150 Å². The van der Waals surface area contributed by atoms with Crippen LogP contribution in [0.1, 0.15) is 47.6 Å². The van der Waals surface area contributed by atoms with Gasteiger partial charge in [-0.05, 0) is 31.0 Å². The van der Waals surface area contributed by atoms with Crippen LogP contribution in [0.5, 0.6) is 0 Å². The molecule has 1 aliphatic rings. The molecular formula is C19H20N4O3. The molecule has 0 bridgehead atoms. The lowest BCUT2D eigenvalue weighted by atomic mass is 10.0. The molecule has 7 nitrogen and oxygen atoms in total. The van der Waals surface area contributed by atoms with E-state index in [1.807, 2.05) is 13.0 Å². The molecule has 1 aliphatic heterocycles. The van der Waals surface area contributed by atoms with E-state index in [-0.39, 0.29) is 17.4 Å². The van der Waals surface area contributed by atoms with Gasteiger partial charge in [-0.2, -0.15) is 0 Å². The Bertz CT molecular complexity index is 1010. The zero-order valence-electron chi connectivity index (χ0n) is 14.6. The monoisotopic (exact) mass is 352 g/mol. The summed E-state index contributed by atoms with van der Waals surface area (Å²) in [7, 11) is 0. The molecule has 3 aromatic rings. The number of amides is 1. The Hall–Kier alpha value is -2.96. The number of aryl methyl sites for hydroxylation is 1. The van der Waals surface area contributed by atoms with E-state index < -0.39 is 0 Å².